The summed E-state index contributed by atoms with van der Waals surface area (Å²) in [6.07, 6.45) is 6.52. The van der Waals surface area contributed by atoms with Gasteiger partial charge in [-0.3, -0.25) is 4.90 Å². The second kappa shape index (κ2) is 11.4. The first-order valence-corrected chi connectivity index (χ1v) is 12.4. The van der Waals surface area contributed by atoms with Gasteiger partial charge in [0.15, 0.2) is 0 Å². The largest absolute Gasteiger partial charge is 0.457 e. The number of amides is 1. The Labute approximate surface area is 213 Å². The van der Waals surface area contributed by atoms with E-state index >= 15 is 0 Å². The number of benzene rings is 2. The monoisotopic (exact) mass is 489 g/mol. The molecule has 0 atom stereocenters. The molecule has 0 saturated carbocycles. The molecule has 2 saturated heterocycles. The zero-order valence-electron chi connectivity index (χ0n) is 21.3. The number of carbonyl (C=O) groups is 2. The number of anilines is 1. The van der Waals surface area contributed by atoms with E-state index in [2.05, 4.69) is 28.2 Å². The van der Waals surface area contributed by atoms with Crippen molar-refractivity contribution >= 4 is 18.0 Å². The Hall–Kier alpha value is -3.65. The van der Waals surface area contributed by atoms with Crippen LogP contribution in [0.5, 0.6) is 11.5 Å². The number of nitrogens with zero attached hydrogens (tertiary/aromatic N) is 5. The Morgan fingerprint density at radius 2 is 1.72 bits per heavy atom. The minimum atomic E-state index is -0.0219. The van der Waals surface area contributed by atoms with Crippen molar-refractivity contribution in [3.05, 3.63) is 72.6 Å². The molecular weight excluding hydrogens is 454 g/mol. The molecule has 36 heavy (non-hydrogen) atoms. The van der Waals surface area contributed by atoms with Gasteiger partial charge in [0.05, 0.1) is 18.1 Å². The average molecular weight is 490 g/mol. The molecule has 1 spiro atoms. The summed E-state index contributed by atoms with van der Waals surface area (Å²) < 4.78 is 7.45. The molecule has 1 amide bonds. The number of hydrogen-bond acceptors (Lipinski definition) is 6. The highest BCUT2D eigenvalue weighted by molar-refractivity contribution is 5.77. The zero-order valence-corrected chi connectivity index (χ0v) is 21.3. The third-order valence-electron chi connectivity index (χ3n) is 6.80. The molecule has 0 radical (unpaired) electrons. The summed E-state index contributed by atoms with van der Waals surface area (Å²) in [6.45, 7) is 6.14. The normalized spacial score (nSPS) is 16.5. The number of para-hydroxylation sites is 1. The van der Waals surface area contributed by atoms with E-state index in [1.807, 2.05) is 60.3 Å². The lowest BCUT2D eigenvalue weighted by Crippen LogP contribution is -2.62. The van der Waals surface area contributed by atoms with Crippen molar-refractivity contribution in [3.8, 4) is 11.5 Å². The Morgan fingerprint density at radius 1 is 1.06 bits per heavy atom. The molecule has 0 aliphatic carbocycles. The quantitative estimate of drug-likeness (QED) is 0.491. The second-order valence-corrected chi connectivity index (χ2v) is 9.75. The van der Waals surface area contributed by atoms with E-state index in [4.69, 9.17) is 9.53 Å². The van der Waals surface area contributed by atoms with Gasteiger partial charge in [0.2, 0.25) is 0 Å². The summed E-state index contributed by atoms with van der Waals surface area (Å²) >= 11 is 0. The smallest absolute Gasteiger partial charge is 0.344 e. The second-order valence-electron chi connectivity index (χ2n) is 9.75. The molecular formula is C28H35N5O3. The maximum Gasteiger partial charge on any atom is 0.344 e. The topological polar surface area (TPSA) is 70.9 Å². The Morgan fingerprint density at radius 3 is 2.36 bits per heavy atom. The Kier molecular flexibility index (Phi) is 8.05. The summed E-state index contributed by atoms with van der Waals surface area (Å²) in [5, 5.41) is 4.23. The van der Waals surface area contributed by atoms with E-state index in [9.17, 15) is 4.79 Å². The van der Waals surface area contributed by atoms with Crippen molar-refractivity contribution in [2.45, 2.75) is 26.3 Å². The average Bonchev–Trinajstić information content (AvgIpc) is 3.35. The fourth-order valence-corrected chi connectivity index (χ4v) is 4.78. The highest BCUT2D eigenvalue weighted by atomic mass is 16.5. The molecule has 8 nitrogen and oxygen atoms in total. The van der Waals surface area contributed by atoms with Gasteiger partial charge in [-0.25, -0.2) is 4.79 Å². The van der Waals surface area contributed by atoms with Crippen LogP contribution in [-0.4, -0.2) is 72.2 Å². The molecule has 3 aromatic rings. The minimum absolute atomic E-state index is 0.0219. The van der Waals surface area contributed by atoms with Gasteiger partial charge in [0.1, 0.15) is 17.8 Å². The first-order chi connectivity index (χ1) is 17.4. The van der Waals surface area contributed by atoms with E-state index in [1.165, 1.54) is 17.2 Å². The predicted octanol–water partition coefficient (Wildman–Crippen LogP) is 4.51. The van der Waals surface area contributed by atoms with E-state index in [1.54, 1.807) is 12.4 Å². The molecule has 5 rings (SSSR count). The Bertz CT molecular complexity index is 1140. The van der Waals surface area contributed by atoms with E-state index in [-0.39, 0.29) is 11.4 Å². The molecule has 2 aromatic carbocycles. The van der Waals surface area contributed by atoms with Crippen LogP contribution in [0, 0.1) is 5.41 Å². The van der Waals surface area contributed by atoms with Crippen LogP contribution in [0.3, 0.4) is 0 Å². The van der Waals surface area contributed by atoms with Crippen molar-refractivity contribution in [2.75, 3.05) is 45.2 Å². The molecule has 2 aliphatic rings. The Balaban J connectivity index is 0.000000967. The van der Waals surface area contributed by atoms with Crippen molar-refractivity contribution in [3.63, 3.8) is 0 Å². The predicted molar refractivity (Wildman–Crippen MR) is 141 cm³/mol. The van der Waals surface area contributed by atoms with Crippen molar-refractivity contribution < 1.29 is 14.3 Å². The van der Waals surface area contributed by atoms with Gasteiger partial charge in [0.25, 0.3) is 0 Å². The van der Waals surface area contributed by atoms with E-state index in [0.717, 1.165) is 69.0 Å². The maximum atomic E-state index is 12.7. The summed E-state index contributed by atoms with van der Waals surface area (Å²) in [7, 11) is 3.90. The summed E-state index contributed by atoms with van der Waals surface area (Å²) in [6, 6.07) is 18.2. The van der Waals surface area contributed by atoms with Crippen molar-refractivity contribution in [1.82, 2.24) is 19.6 Å². The van der Waals surface area contributed by atoms with Crippen LogP contribution < -0.4 is 9.64 Å². The lowest BCUT2D eigenvalue weighted by molar-refractivity contribution is -0.106. The summed E-state index contributed by atoms with van der Waals surface area (Å²) in [5.74, 6) is 1.73. The fourth-order valence-electron chi connectivity index (χ4n) is 4.78. The van der Waals surface area contributed by atoms with E-state index < -0.39 is 0 Å². The van der Waals surface area contributed by atoms with Crippen molar-refractivity contribution in [2.24, 2.45) is 5.41 Å². The molecule has 0 unspecified atom stereocenters. The molecule has 8 heteroatoms. The third kappa shape index (κ3) is 6.12. The number of likely N-dealkylation sites (tertiary alicyclic amines) is 2. The van der Waals surface area contributed by atoms with Gasteiger partial charge < -0.3 is 19.3 Å². The number of aldehydes is 1. The van der Waals surface area contributed by atoms with E-state index in [0.29, 0.717) is 0 Å². The molecule has 0 bridgehead atoms. The molecule has 3 heterocycles. The zero-order chi connectivity index (χ0) is 25.5. The third-order valence-corrected chi connectivity index (χ3v) is 6.80. The van der Waals surface area contributed by atoms with Gasteiger partial charge in [-0.2, -0.15) is 9.78 Å². The van der Waals surface area contributed by atoms with Crippen LogP contribution in [0.2, 0.25) is 0 Å². The van der Waals surface area contributed by atoms with Gasteiger partial charge in [-0.15, -0.1) is 0 Å². The van der Waals surface area contributed by atoms with Crippen LogP contribution in [0.25, 0.3) is 0 Å². The number of aromatic nitrogens is 2. The fraction of sp³-hybridized carbons (Fsp3) is 0.393. The lowest BCUT2D eigenvalue weighted by Gasteiger charge is -2.53. The van der Waals surface area contributed by atoms with Crippen LogP contribution in [0.15, 0.2) is 67.0 Å². The molecule has 2 fully saturated rings. The summed E-state index contributed by atoms with van der Waals surface area (Å²) in [5.41, 5.74) is 2.47. The van der Waals surface area contributed by atoms with Gasteiger partial charge in [0, 0.05) is 39.1 Å². The van der Waals surface area contributed by atoms with Gasteiger partial charge in [-0.1, -0.05) is 30.3 Å². The summed E-state index contributed by atoms with van der Waals surface area (Å²) in [4.78, 5) is 27.9. The standard InChI is InChI=1S/C26H31N5O2.C2H4O/c1-28(2)22-16-27-31(18-22)25(32)30-19-26(20-30)11-13-29(14-12-26)17-21-7-6-10-24(15-21)33-23-8-4-3-5-9-23;1-2-3/h3-10,15-16,18H,11-14,17,19-20H2,1-2H3;2H,1H3. The van der Waals surface area contributed by atoms with Crippen LogP contribution in [0.1, 0.15) is 25.3 Å². The molecule has 2 aliphatic heterocycles. The number of piperidine rings is 1. The SMILES string of the molecule is CC=O.CN(C)c1cnn(C(=O)N2CC3(CCN(Cc4cccc(Oc5ccccc5)c4)CC3)C2)c1. The number of carbonyl (C=O) groups excluding carboxylic acids is 2. The number of rotatable bonds is 5. The van der Waals surface area contributed by atoms with Crippen LogP contribution in [-0.2, 0) is 11.3 Å². The lowest BCUT2D eigenvalue weighted by atomic mass is 9.72. The minimum Gasteiger partial charge on any atom is -0.457 e. The molecule has 190 valence electrons. The van der Waals surface area contributed by atoms with Gasteiger partial charge in [-0.05, 0) is 62.7 Å². The number of ether oxygens (including phenoxy) is 1. The van der Waals surface area contributed by atoms with Gasteiger partial charge >= 0.3 is 6.03 Å². The first-order valence-electron chi connectivity index (χ1n) is 12.4. The molecule has 1 aromatic heterocycles. The highest BCUT2D eigenvalue weighted by Gasteiger charge is 2.47. The molecule has 0 N–H and O–H groups in total. The van der Waals surface area contributed by atoms with Crippen LogP contribution >= 0.6 is 0 Å². The maximum absolute atomic E-state index is 12.7. The highest BCUT2D eigenvalue weighted by Crippen LogP contribution is 2.41. The first kappa shape index (κ1) is 25.4. The number of hydrogen-bond donors (Lipinski definition) is 0. The van der Waals surface area contributed by atoms with Crippen molar-refractivity contribution in [1.29, 1.82) is 0 Å². The van der Waals surface area contributed by atoms with Crippen LogP contribution in [0.4, 0.5) is 10.5 Å².